The van der Waals surface area contributed by atoms with Gasteiger partial charge < -0.3 is 15.0 Å². The van der Waals surface area contributed by atoms with Crippen molar-refractivity contribution in [3.63, 3.8) is 0 Å². The normalized spacial score (nSPS) is 15.4. The second kappa shape index (κ2) is 9.20. The van der Waals surface area contributed by atoms with Gasteiger partial charge in [-0.3, -0.25) is 24.5 Å². The summed E-state index contributed by atoms with van der Waals surface area (Å²) in [7, 11) is 1.58. The van der Waals surface area contributed by atoms with Crippen LogP contribution in [0, 0.1) is 19.8 Å². The first-order valence-corrected chi connectivity index (χ1v) is 10.7. The number of hydrogen-bond acceptors (Lipinski definition) is 4. The highest BCUT2D eigenvalue weighted by atomic mass is 16.5. The number of nitrogens with zero attached hydrogens (tertiary/aromatic N) is 2. The molecule has 1 saturated heterocycles. The minimum absolute atomic E-state index is 0.106. The van der Waals surface area contributed by atoms with Crippen molar-refractivity contribution in [2.75, 3.05) is 29.3 Å². The number of aryl methyl sites for hydroxylation is 2. The van der Waals surface area contributed by atoms with E-state index in [4.69, 9.17) is 4.74 Å². The highest BCUT2D eigenvalue weighted by Crippen LogP contribution is 2.27. The van der Waals surface area contributed by atoms with E-state index in [1.807, 2.05) is 26.0 Å². The number of rotatable bonds is 6. The molecule has 2 aromatic carbocycles. The Bertz CT molecular complexity index is 1180. The van der Waals surface area contributed by atoms with Crippen molar-refractivity contribution < 1.29 is 19.1 Å². The molecule has 0 unspecified atom stereocenters. The largest absolute Gasteiger partial charge is 0.497 e. The van der Waals surface area contributed by atoms with E-state index in [1.165, 1.54) is 0 Å². The van der Waals surface area contributed by atoms with E-state index in [0.717, 1.165) is 17.1 Å². The van der Waals surface area contributed by atoms with E-state index in [-0.39, 0.29) is 24.1 Å². The Morgan fingerprint density at radius 3 is 2.36 bits per heavy atom. The molecule has 1 aliphatic rings. The van der Waals surface area contributed by atoms with E-state index in [9.17, 15) is 14.4 Å². The quantitative estimate of drug-likeness (QED) is 0.606. The molecule has 8 nitrogen and oxygen atoms in total. The molecular weight excluding hydrogens is 420 g/mol. The van der Waals surface area contributed by atoms with Crippen LogP contribution < -0.4 is 20.4 Å². The monoisotopic (exact) mass is 446 g/mol. The maximum absolute atomic E-state index is 12.8. The van der Waals surface area contributed by atoms with E-state index in [0.29, 0.717) is 23.5 Å². The van der Waals surface area contributed by atoms with Crippen molar-refractivity contribution >= 4 is 29.1 Å². The number of amides is 3. The molecule has 3 aromatic rings. The summed E-state index contributed by atoms with van der Waals surface area (Å²) in [6.07, 6.45) is 0.129. The number of nitrogens with one attached hydrogen (secondary N) is 2. The van der Waals surface area contributed by atoms with Crippen molar-refractivity contribution in [3.8, 4) is 5.75 Å². The van der Waals surface area contributed by atoms with Crippen LogP contribution in [0.3, 0.4) is 0 Å². The van der Waals surface area contributed by atoms with Gasteiger partial charge in [-0.25, -0.2) is 0 Å². The smallest absolute Gasteiger partial charge is 0.270 e. The van der Waals surface area contributed by atoms with Gasteiger partial charge in [-0.2, -0.15) is 0 Å². The highest BCUT2D eigenvalue weighted by molar-refractivity contribution is 6.05. The van der Waals surface area contributed by atoms with Crippen LogP contribution in [0.5, 0.6) is 5.75 Å². The molecule has 8 heteroatoms. The van der Waals surface area contributed by atoms with Gasteiger partial charge in [0, 0.05) is 41.3 Å². The summed E-state index contributed by atoms with van der Waals surface area (Å²) in [6, 6.07) is 17.7. The van der Waals surface area contributed by atoms with Gasteiger partial charge in [-0.1, -0.05) is 6.07 Å². The number of carbonyl (C=O) groups is 3. The van der Waals surface area contributed by atoms with Crippen molar-refractivity contribution in [1.82, 2.24) is 4.68 Å². The molecule has 0 saturated carbocycles. The molecule has 2 heterocycles. The van der Waals surface area contributed by atoms with Gasteiger partial charge in [0.1, 0.15) is 5.75 Å². The van der Waals surface area contributed by atoms with Crippen LogP contribution in [0.15, 0.2) is 60.7 Å². The Morgan fingerprint density at radius 1 is 1.00 bits per heavy atom. The molecule has 4 rings (SSSR count). The van der Waals surface area contributed by atoms with E-state index in [2.05, 4.69) is 10.7 Å². The first kappa shape index (κ1) is 22.1. The van der Waals surface area contributed by atoms with Gasteiger partial charge in [-0.05, 0) is 68.4 Å². The van der Waals surface area contributed by atoms with Gasteiger partial charge in [0.25, 0.3) is 5.91 Å². The fourth-order valence-electron chi connectivity index (χ4n) is 3.89. The Morgan fingerprint density at radius 2 is 1.70 bits per heavy atom. The van der Waals surface area contributed by atoms with Crippen LogP contribution in [0.2, 0.25) is 0 Å². The van der Waals surface area contributed by atoms with Crippen molar-refractivity contribution in [3.05, 3.63) is 77.6 Å². The van der Waals surface area contributed by atoms with Gasteiger partial charge >= 0.3 is 0 Å². The minimum atomic E-state index is -0.484. The number of aromatic nitrogens is 1. The Balaban J connectivity index is 1.41. The zero-order valence-corrected chi connectivity index (χ0v) is 18.8. The molecule has 33 heavy (non-hydrogen) atoms. The summed E-state index contributed by atoms with van der Waals surface area (Å²) in [5, 5.41) is 2.85. The molecule has 0 aliphatic carbocycles. The molecule has 0 radical (unpaired) electrons. The summed E-state index contributed by atoms with van der Waals surface area (Å²) in [5.74, 6) is -0.428. The molecule has 0 spiro atoms. The lowest BCUT2D eigenvalue weighted by atomic mass is 10.1. The summed E-state index contributed by atoms with van der Waals surface area (Å²) in [5.41, 5.74) is 6.33. The van der Waals surface area contributed by atoms with E-state index < -0.39 is 5.92 Å². The standard InChI is InChI=1S/C25H26N4O4/c1-16-7-8-17(2)29(16)27-25(32)18-5-4-6-20(13-18)26-24(31)19-14-23(30)28(15-19)21-9-11-22(33-3)12-10-21/h4-13,19H,14-15H2,1-3H3,(H,26,31)(H,27,32)/t19-/m1/s1. The SMILES string of the molecule is COc1ccc(N2C[C@H](C(=O)Nc3cccc(C(=O)Nn4c(C)ccc4C)c3)CC2=O)cc1. The molecule has 1 fully saturated rings. The predicted molar refractivity (Wildman–Crippen MR) is 126 cm³/mol. The van der Waals surface area contributed by atoms with Crippen molar-refractivity contribution in [1.29, 1.82) is 0 Å². The summed E-state index contributed by atoms with van der Waals surface area (Å²) >= 11 is 0. The van der Waals surface area contributed by atoms with Gasteiger partial charge in [0.2, 0.25) is 11.8 Å². The second-order valence-electron chi connectivity index (χ2n) is 8.07. The number of benzene rings is 2. The Hall–Kier alpha value is -4.07. The predicted octanol–water partition coefficient (Wildman–Crippen LogP) is 3.49. The topological polar surface area (TPSA) is 92.7 Å². The lowest BCUT2D eigenvalue weighted by molar-refractivity contribution is -0.122. The molecule has 2 N–H and O–H groups in total. The maximum atomic E-state index is 12.8. The third-order valence-corrected chi connectivity index (χ3v) is 5.76. The second-order valence-corrected chi connectivity index (χ2v) is 8.07. The molecule has 1 aliphatic heterocycles. The van der Waals surface area contributed by atoms with Crippen LogP contribution in [0.25, 0.3) is 0 Å². The van der Waals surface area contributed by atoms with Crippen LogP contribution in [0.4, 0.5) is 11.4 Å². The lowest BCUT2D eigenvalue weighted by Crippen LogP contribution is -2.28. The van der Waals surface area contributed by atoms with E-state index >= 15 is 0 Å². The average molecular weight is 447 g/mol. The van der Waals surface area contributed by atoms with Crippen molar-refractivity contribution in [2.24, 2.45) is 5.92 Å². The Kier molecular flexibility index (Phi) is 6.17. The number of ether oxygens (including phenoxy) is 1. The molecular formula is C25H26N4O4. The summed E-state index contributed by atoms with van der Waals surface area (Å²) < 4.78 is 6.87. The summed E-state index contributed by atoms with van der Waals surface area (Å²) in [6.45, 7) is 4.10. The van der Waals surface area contributed by atoms with Crippen LogP contribution in [0.1, 0.15) is 28.2 Å². The third kappa shape index (κ3) is 4.74. The molecule has 1 atom stereocenters. The number of carbonyl (C=O) groups excluding carboxylic acids is 3. The maximum Gasteiger partial charge on any atom is 0.270 e. The Labute approximate surface area is 192 Å². The van der Waals surface area contributed by atoms with E-state index in [1.54, 1.807) is 65.2 Å². The average Bonchev–Trinajstić information content (AvgIpc) is 3.36. The summed E-state index contributed by atoms with van der Waals surface area (Å²) in [4.78, 5) is 39.7. The van der Waals surface area contributed by atoms with Gasteiger partial charge in [0.05, 0.1) is 13.0 Å². The zero-order chi connectivity index (χ0) is 23.5. The third-order valence-electron chi connectivity index (χ3n) is 5.76. The fraction of sp³-hybridized carbons (Fsp3) is 0.240. The minimum Gasteiger partial charge on any atom is -0.497 e. The first-order chi connectivity index (χ1) is 15.9. The molecule has 170 valence electrons. The number of anilines is 2. The number of hydrogen-bond donors (Lipinski definition) is 2. The number of methoxy groups -OCH3 is 1. The van der Waals surface area contributed by atoms with Crippen molar-refractivity contribution in [2.45, 2.75) is 20.3 Å². The van der Waals surface area contributed by atoms with Crippen LogP contribution >= 0.6 is 0 Å². The molecule has 3 amide bonds. The van der Waals surface area contributed by atoms with Gasteiger partial charge in [-0.15, -0.1) is 0 Å². The lowest BCUT2D eigenvalue weighted by Gasteiger charge is -2.17. The van der Waals surface area contributed by atoms with Crippen LogP contribution in [-0.2, 0) is 9.59 Å². The van der Waals surface area contributed by atoms with Crippen LogP contribution in [-0.4, -0.2) is 36.1 Å². The first-order valence-electron chi connectivity index (χ1n) is 10.7. The molecule has 0 bridgehead atoms. The zero-order valence-electron chi connectivity index (χ0n) is 18.8. The van der Waals surface area contributed by atoms with Gasteiger partial charge in [0.15, 0.2) is 0 Å². The fourth-order valence-corrected chi connectivity index (χ4v) is 3.89. The highest BCUT2D eigenvalue weighted by Gasteiger charge is 2.35. The molecule has 1 aromatic heterocycles.